The molecule has 1 aromatic heterocycles. The van der Waals surface area contributed by atoms with Crippen LogP contribution in [0.1, 0.15) is 23.1 Å². The number of nitrogens with one attached hydrogen (secondary N) is 2. The van der Waals surface area contributed by atoms with Crippen LogP contribution in [0, 0.1) is 0 Å². The maximum atomic E-state index is 14.0. The van der Waals surface area contributed by atoms with Crippen LogP contribution < -0.4 is 25.7 Å². The first-order valence-corrected chi connectivity index (χ1v) is 11.3. The second kappa shape index (κ2) is 11.2. The van der Waals surface area contributed by atoms with E-state index in [4.69, 9.17) is 9.47 Å². The number of alkyl halides is 3. The molecule has 194 valence electrons. The molecule has 36 heavy (non-hydrogen) atoms. The Balaban J connectivity index is 0.00000361. The molecule has 3 aromatic rings. The highest BCUT2D eigenvalue weighted by Crippen LogP contribution is 2.37. The average Bonchev–Trinajstić information content (AvgIpc) is 3.34. The summed E-state index contributed by atoms with van der Waals surface area (Å²) in [5.41, 5.74) is 0.954. The number of ether oxygens (including phenoxy) is 2. The van der Waals surface area contributed by atoms with Gasteiger partial charge in [0, 0.05) is 36.0 Å². The fourth-order valence-electron chi connectivity index (χ4n) is 4.30. The van der Waals surface area contributed by atoms with Gasteiger partial charge in [-0.2, -0.15) is 23.0 Å². The molecule has 0 fully saturated rings. The first kappa shape index (κ1) is 27.3. The molecule has 0 spiro atoms. The first-order valence-electron chi connectivity index (χ1n) is 11.3. The van der Waals surface area contributed by atoms with E-state index in [1.807, 2.05) is 0 Å². The molecule has 2 N–H and O–H groups in total. The second-order valence-electron chi connectivity index (χ2n) is 8.24. The highest BCUT2D eigenvalue weighted by molar-refractivity contribution is 5.85. The number of methoxy groups -OCH3 is 2. The number of halogens is 4. The number of nitrogens with zero attached hydrogens (tertiary/aromatic N) is 2. The van der Waals surface area contributed by atoms with Crippen LogP contribution in [0.3, 0.4) is 0 Å². The Morgan fingerprint density at radius 3 is 2.28 bits per heavy atom. The molecule has 0 saturated carbocycles. The van der Waals surface area contributed by atoms with Gasteiger partial charge in [0.15, 0.2) is 0 Å². The van der Waals surface area contributed by atoms with Crippen molar-refractivity contribution in [3.05, 3.63) is 63.4 Å². The minimum atomic E-state index is -4.67. The van der Waals surface area contributed by atoms with Crippen molar-refractivity contribution >= 4 is 18.1 Å². The zero-order chi connectivity index (χ0) is 25.2. The van der Waals surface area contributed by atoms with E-state index in [1.165, 1.54) is 26.4 Å². The third-order valence-corrected chi connectivity index (χ3v) is 6.01. The van der Waals surface area contributed by atoms with E-state index in [1.54, 1.807) is 25.2 Å². The first-order chi connectivity index (χ1) is 16.8. The minimum Gasteiger partial charge on any atom is -0.497 e. The number of rotatable bonds is 8. The van der Waals surface area contributed by atoms with Gasteiger partial charge in [-0.1, -0.05) is 0 Å². The lowest BCUT2D eigenvalue weighted by atomic mass is 10.0. The van der Waals surface area contributed by atoms with Crippen LogP contribution in [0.5, 0.6) is 11.5 Å². The van der Waals surface area contributed by atoms with Gasteiger partial charge in [-0.05, 0) is 62.2 Å². The minimum absolute atomic E-state index is 0. The van der Waals surface area contributed by atoms with E-state index in [0.29, 0.717) is 59.9 Å². The summed E-state index contributed by atoms with van der Waals surface area (Å²) in [4.78, 5) is 13.4. The van der Waals surface area contributed by atoms with E-state index >= 15 is 0 Å². The van der Waals surface area contributed by atoms with Crippen LogP contribution >= 0.6 is 12.4 Å². The van der Waals surface area contributed by atoms with Gasteiger partial charge in [0.05, 0.1) is 31.2 Å². The summed E-state index contributed by atoms with van der Waals surface area (Å²) in [6.45, 7) is 1.12. The molecule has 4 rings (SSSR count). The summed E-state index contributed by atoms with van der Waals surface area (Å²) in [5.74, 6) is 1.02. The Morgan fingerprint density at radius 2 is 1.67 bits per heavy atom. The van der Waals surface area contributed by atoms with Crippen molar-refractivity contribution in [2.45, 2.75) is 25.4 Å². The summed E-state index contributed by atoms with van der Waals surface area (Å²) in [5, 5.41) is 10.5. The van der Waals surface area contributed by atoms with E-state index in [0.717, 1.165) is 22.7 Å². The van der Waals surface area contributed by atoms with Crippen LogP contribution in [0.25, 0.3) is 16.9 Å². The summed E-state index contributed by atoms with van der Waals surface area (Å²) >= 11 is 0. The summed E-state index contributed by atoms with van der Waals surface area (Å²) in [7, 11) is 4.81. The Hall–Kier alpha value is -3.24. The Labute approximate surface area is 213 Å². The summed E-state index contributed by atoms with van der Waals surface area (Å²) in [6, 6.07) is 8.82. The SMILES string of the molecule is CNCCNc1ccc(C(F)(F)F)c(-n2nc(-c3cc(OC)cc(OC)c3)c3c(c2=O)CCC3)c1.Cl. The van der Waals surface area contributed by atoms with Crippen molar-refractivity contribution in [3.63, 3.8) is 0 Å². The van der Waals surface area contributed by atoms with Gasteiger partial charge < -0.3 is 20.1 Å². The molecule has 0 bridgehead atoms. The van der Waals surface area contributed by atoms with Gasteiger partial charge in [0.1, 0.15) is 11.5 Å². The largest absolute Gasteiger partial charge is 0.497 e. The van der Waals surface area contributed by atoms with Crippen LogP contribution in [0.2, 0.25) is 0 Å². The number of hydrogen-bond acceptors (Lipinski definition) is 6. The second-order valence-corrected chi connectivity index (χ2v) is 8.24. The molecule has 0 saturated heterocycles. The highest BCUT2D eigenvalue weighted by atomic mass is 35.5. The maximum absolute atomic E-state index is 14.0. The lowest BCUT2D eigenvalue weighted by molar-refractivity contribution is -0.137. The topological polar surface area (TPSA) is 77.4 Å². The number of benzene rings is 2. The van der Waals surface area contributed by atoms with Crippen molar-refractivity contribution in [1.29, 1.82) is 0 Å². The van der Waals surface area contributed by atoms with E-state index in [-0.39, 0.29) is 18.1 Å². The van der Waals surface area contributed by atoms with Crippen molar-refractivity contribution < 1.29 is 22.6 Å². The van der Waals surface area contributed by atoms with Gasteiger partial charge in [0.2, 0.25) is 0 Å². The molecule has 1 aliphatic rings. The lowest BCUT2D eigenvalue weighted by Crippen LogP contribution is -2.28. The maximum Gasteiger partial charge on any atom is 0.418 e. The molecular formula is C25H28ClF3N4O3. The smallest absolute Gasteiger partial charge is 0.418 e. The fourth-order valence-corrected chi connectivity index (χ4v) is 4.30. The van der Waals surface area contributed by atoms with E-state index in [9.17, 15) is 18.0 Å². The molecule has 2 aromatic carbocycles. The number of fused-ring (bicyclic) bond motifs is 1. The van der Waals surface area contributed by atoms with Crippen LogP contribution in [-0.2, 0) is 19.0 Å². The monoisotopic (exact) mass is 524 g/mol. The fraction of sp³-hybridized carbons (Fsp3) is 0.360. The van der Waals surface area contributed by atoms with Crippen molar-refractivity contribution in [1.82, 2.24) is 15.1 Å². The van der Waals surface area contributed by atoms with Crippen molar-refractivity contribution in [3.8, 4) is 28.4 Å². The van der Waals surface area contributed by atoms with Gasteiger partial charge in [-0.3, -0.25) is 4.79 Å². The zero-order valence-corrected chi connectivity index (χ0v) is 21.0. The Morgan fingerprint density at radius 1 is 1.00 bits per heavy atom. The van der Waals surface area contributed by atoms with Gasteiger partial charge in [-0.25, -0.2) is 0 Å². The highest BCUT2D eigenvalue weighted by Gasteiger charge is 2.35. The van der Waals surface area contributed by atoms with Crippen molar-refractivity contribution in [2.24, 2.45) is 0 Å². The van der Waals surface area contributed by atoms with Crippen molar-refractivity contribution in [2.75, 3.05) is 39.7 Å². The molecule has 0 amide bonds. The van der Waals surface area contributed by atoms with E-state index in [2.05, 4.69) is 15.7 Å². The lowest BCUT2D eigenvalue weighted by Gasteiger charge is -2.18. The third kappa shape index (κ3) is 5.44. The molecule has 0 atom stereocenters. The Bertz CT molecular complexity index is 1270. The molecular weight excluding hydrogens is 497 g/mol. The quantitative estimate of drug-likeness (QED) is 0.423. The summed E-state index contributed by atoms with van der Waals surface area (Å²) in [6.07, 6.45) is -2.85. The standard InChI is InChI=1S/C25H27F3N4O3.ClH/c1-29-9-10-30-16-7-8-21(25(26,27)28)22(13-16)32-24(33)20-6-4-5-19(20)23(31-32)15-11-17(34-2)14-18(12-15)35-3;/h7-8,11-14,29-30H,4-6,9-10H2,1-3H3;1H. The molecule has 0 aliphatic heterocycles. The van der Waals surface area contributed by atoms with Gasteiger partial charge >= 0.3 is 6.18 Å². The summed E-state index contributed by atoms with van der Waals surface area (Å²) < 4.78 is 53.6. The number of anilines is 1. The number of aromatic nitrogens is 2. The molecule has 0 radical (unpaired) electrons. The Kier molecular flexibility index (Phi) is 8.52. The molecule has 0 unspecified atom stereocenters. The third-order valence-electron chi connectivity index (χ3n) is 6.01. The molecule has 11 heteroatoms. The van der Waals surface area contributed by atoms with Crippen LogP contribution in [0.4, 0.5) is 18.9 Å². The normalized spacial score (nSPS) is 12.6. The van der Waals surface area contributed by atoms with E-state index < -0.39 is 17.3 Å². The molecule has 1 aliphatic carbocycles. The van der Waals surface area contributed by atoms with Crippen LogP contribution in [-0.4, -0.2) is 44.1 Å². The van der Waals surface area contributed by atoms with Crippen LogP contribution in [0.15, 0.2) is 41.2 Å². The van der Waals surface area contributed by atoms with Gasteiger partial charge in [0.25, 0.3) is 5.56 Å². The van der Waals surface area contributed by atoms with Gasteiger partial charge in [-0.15, -0.1) is 12.4 Å². The predicted molar refractivity (Wildman–Crippen MR) is 135 cm³/mol. The molecule has 7 nitrogen and oxygen atoms in total. The molecule has 1 heterocycles. The number of likely N-dealkylation sites (N-methyl/N-ethyl adjacent to an activating group) is 1. The average molecular weight is 525 g/mol. The predicted octanol–water partition coefficient (Wildman–Crippen LogP) is 4.48. The zero-order valence-electron chi connectivity index (χ0n) is 20.2. The number of hydrogen-bond donors (Lipinski definition) is 2.